The molecule has 0 aromatic carbocycles. The number of rotatable bonds is 0. The Kier molecular flexibility index (Phi) is 8.93. The molecular formula is C24H36N8Zr. The number of aliphatic imine (C=N–C) groups is 4. The van der Waals surface area contributed by atoms with Gasteiger partial charge in [-0.05, 0) is 51.9 Å². The molecule has 0 aliphatic carbocycles. The smallest absolute Gasteiger partial charge is 0.450 e. The molecule has 0 spiro atoms. The molecule has 0 saturated carbocycles. The van der Waals surface area contributed by atoms with E-state index in [0.29, 0.717) is 0 Å². The van der Waals surface area contributed by atoms with Gasteiger partial charge in [-0.15, -0.1) is 26.2 Å². The van der Waals surface area contributed by atoms with Crippen molar-refractivity contribution in [2.24, 2.45) is 43.6 Å². The van der Waals surface area contributed by atoms with Gasteiger partial charge >= 0.3 is 26.2 Å². The maximum atomic E-state index is 4.18. The molecule has 9 heteroatoms. The molecule has 0 aromatic heterocycles. The monoisotopic (exact) mass is 526 g/mol. The van der Waals surface area contributed by atoms with Crippen LogP contribution in [0.2, 0.25) is 0 Å². The second-order valence-electron chi connectivity index (χ2n) is 9.38. The van der Waals surface area contributed by atoms with Gasteiger partial charge < -0.3 is 41.2 Å². The maximum Gasteiger partial charge on any atom is 4.00 e. The third-order valence-electron chi connectivity index (χ3n) is 7.22. The van der Waals surface area contributed by atoms with Crippen molar-refractivity contribution >= 4 is 23.3 Å². The Balaban J connectivity index is 0.000000104. The largest absolute Gasteiger partial charge is 4.00 e. The van der Waals surface area contributed by atoms with Crippen molar-refractivity contribution in [3.05, 3.63) is 26.2 Å². The van der Waals surface area contributed by atoms with Gasteiger partial charge in [0.2, 0.25) is 0 Å². The Labute approximate surface area is 217 Å². The first-order valence-electron chi connectivity index (χ1n) is 12.4. The van der Waals surface area contributed by atoms with Gasteiger partial charge in [0, 0.05) is 0 Å². The molecule has 0 bridgehead atoms. The van der Waals surface area contributed by atoms with Gasteiger partial charge in [-0.25, -0.2) is 0 Å². The molecule has 33 heavy (non-hydrogen) atoms. The summed E-state index contributed by atoms with van der Waals surface area (Å²) in [6.45, 7) is 12.6. The Morgan fingerprint density at radius 2 is 0.697 bits per heavy atom. The zero-order valence-corrected chi connectivity index (χ0v) is 21.9. The molecule has 8 rings (SSSR count). The molecular weight excluding hydrogens is 492 g/mol. The average Bonchev–Trinajstić information content (AvgIpc) is 3.57. The standard InChI is InChI=1S/4C6H9N2.Zr/c4*1-3-7-6-5(1)2-4-8-6;/h4*3,5H,1-2,4H2,(H,7,8);/q4*-1;+4. The maximum absolute atomic E-state index is 4.18. The summed E-state index contributed by atoms with van der Waals surface area (Å²) in [6.07, 6.45) is 9.82. The second kappa shape index (κ2) is 12.1. The van der Waals surface area contributed by atoms with Crippen molar-refractivity contribution in [2.75, 3.05) is 26.2 Å². The fourth-order valence-corrected chi connectivity index (χ4v) is 5.26. The molecule has 8 aliphatic heterocycles. The summed E-state index contributed by atoms with van der Waals surface area (Å²) < 4.78 is 0. The van der Waals surface area contributed by atoms with Gasteiger partial charge in [0.15, 0.2) is 0 Å². The predicted molar refractivity (Wildman–Crippen MR) is 130 cm³/mol. The van der Waals surface area contributed by atoms with Crippen molar-refractivity contribution < 1.29 is 26.2 Å². The minimum Gasteiger partial charge on any atom is -0.450 e. The second-order valence-corrected chi connectivity index (χ2v) is 9.38. The number of nitrogens with zero attached hydrogens (tertiary/aromatic N) is 4. The van der Waals surface area contributed by atoms with E-state index in [-0.39, 0.29) is 26.2 Å². The zero-order chi connectivity index (χ0) is 21.6. The molecule has 4 unspecified atom stereocenters. The van der Waals surface area contributed by atoms with Crippen LogP contribution in [0.25, 0.3) is 0 Å². The van der Waals surface area contributed by atoms with Crippen LogP contribution in [0.4, 0.5) is 0 Å². The Morgan fingerprint density at radius 3 is 0.909 bits per heavy atom. The van der Waals surface area contributed by atoms with E-state index < -0.39 is 0 Å². The molecule has 4 N–H and O–H groups in total. The van der Waals surface area contributed by atoms with Gasteiger partial charge in [0.25, 0.3) is 0 Å². The Hall–Kier alpha value is -1.76. The predicted octanol–water partition coefficient (Wildman–Crippen LogP) is 2.24. The third kappa shape index (κ3) is 6.23. The molecule has 0 amide bonds. The molecule has 8 heterocycles. The fourth-order valence-electron chi connectivity index (χ4n) is 5.26. The topological polar surface area (TPSA) is 97.6 Å². The minimum atomic E-state index is 0. The van der Waals surface area contributed by atoms with Crippen LogP contribution in [-0.4, -0.2) is 49.5 Å². The van der Waals surface area contributed by atoms with Gasteiger partial charge in [0.1, 0.15) is 0 Å². The Bertz CT molecular complexity index is 648. The number of nitrogens with one attached hydrogen (secondary N) is 4. The Morgan fingerprint density at radius 1 is 0.455 bits per heavy atom. The van der Waals surface area contributed by atoms with Crippen molar-refractivity contribution in [3.63, 3.8) is 0 Å². The van der Waals surface area contributed by atoms with Crippen LogP contribution in [0, 0.1) is 49.9 Å². The van der Waals surface area contributed by atoms with E-state index >= 15 is 0 Å². The first-order chi connectivity index (χ1) is 15.9. The summed E-state index contributed by atoms with van der Waals surface area (Å²) in [4.78, 5) is 16.7. The average molecular weight is 528 g/mol. The van der Waals surface area contributed by atoms with E-state index in [1.54, 1.807) is 0 Å². The van der Waals surface area contributed by atoms with Crippen molar-refractivity contribution in [3.8, 4) is 0 Å². The van der Waals surface area contributed by atoms with E-state index in [1.807, 2.05) is 26.2 Å². The summed E-state index contributed by atoms with van der Waals surface area (Å²) in [5, 5.41) is 12.9. The summed E-state index contributed by atoms with van der Waals surface area (Å²) in [6, 6.07) is 0. The summed E-state index contributed by atoms with van der Waals surface area (Å²) in [5.74, 6) is 7.94. The first kappa shape index (κ1) is 24.4. The van der Waals surface area contributed by atoms with Crippen LogP contribution < -0.4 is 21.3 Å². The molecule has 4 atom stereocenters. The number of hydrogen-bond donors (Lipinski definition) is 4. The number of fused-ring (bicyclic) bond motifs is 4. The van der Waals surface area contributed by atoms with Gasteiger partial charge in [-0.1, -0.05) is 72.7 Å². The molecule has 0 radical (unpaired) electrons. The first-order valence-corrected chi connectivity index (χ1v) is 12.4. The van der Waals surface area contributed by atoms with E-state index in [0.717, 1.165) is 49.9 Å². The van der Waals surface area contributed by atoms with Gasteiger partial charge in [0.05, 0.1) is 0 Å². The van der Waals surface area contributed by atoms with Crippen LogP contribution in [0.1, 0.15) is 51.4 Å². The van der Waals surface area contributed by atoms with E-state index in [1.165, 1.54) is 74.7 Å². The van der Waals surface area contributed by atoms with Crippen LogP contribution in [0.15, 0.2) is 20.0 Å². The third-order valence-corrected chi connectivity index (χ3v) is 7.22. The SMILES string of the molecule is [CH-]1CC2CCNC2=N1.[CH-]1CC2CCNC2=N1.[CH-]1CC2CCNC2=N1.[CH-]1CC2CCNC2=N1.[Zr+4]. The van der Waals surface area contributed by atoms with Crippen LogP contribution in [0.3, 0.4) is 0 Å². The van der Waals surface area contributed by atoms with Crippen molar-refractivity contribution in [1.29, 1.82) is 0 Å². The van der Waals surface area contributed by atoms with E-state index in [4.69, 9.17) is 0 Å². The van der Waals surface area contributed by atoms with Crippen molar-refractivity contribution in [1.82, 2.24) is 21.3 Å². The molecule has 8 aliphatic rings. The number of amidine groups is 4. The molecule has 0 aromatic rings. The molecule has 4 fully saturated rings. The molecule has 176 valence electrons. The quantitative estimate of drug-likeness (QED) is 0.363. The van der Waals surface area contributed by atoms with Crippen molar-refractivity contribution in [2.45, 2.75) is 51.4 Å². The van der Waals surface area contributed by atoms with E-state index in [9.17, 15) is 0 Å². The van der Waals surface area contributed by atoms with Gasteiger partial charge in [-0.2, -0.15) is 0 Å². The summed E-state index contributed by atoms with van der Waals surface area (Å²) in [5.41, 5.74) is 0. The number of hydrogen-bond acceptors (Lipinski definition) is 8. The summed E-state index contributed by atoms with van der Waals surface area (Å²) >= 11 is 0. The zero-order valence-electron chi connectivity index (χ0n) is 19.4. The minimum absolute atomic E-state index is 0. The molecule has 4 saturated heterocycles. The van der Waals surface area contributed by atoms with Crippen LogP contribution in [-0.2, 0) is 26.2 Å². The normalized spacial score (nSPS) is 32.0. The molecule has 8 nitrogen and oxygen atoms in total. The van der Waals surface area contributed by atoms with Crippen LogP contribution in [0.5, 0.6) is 0 Å². The van der Waals surface area contributed by atoms with Gasteiger partial charge in [-0.3, -0.25) is 0 Å². The van der Waals surface area contributed by atoms with Crippen LogP contribution >= 0.6 is 0 Å². The fraction of sp³-hybridized carbons (Fsp3) is 0.667. The summed E-state index contributed by atoms with van der Waals surface area (Å²) in [7, 11) is 0. The van der Waals surface area contributed by atoms with E-state index in [2.05, 4.69) is 41.2 Å².